The fourth-order valence-electron chi connectivity index (χ4n) is 3.39. The van der Waals surface area contributed by atoms with Gasteiger partial charge in [-0.15, -0.1) is 0 Å². The van der Waals surface area contributed by atoms with Crippen molar-refractivity contribution in [2.45, 2.75) is 26.9 Å². The second-order valence-corrected chi connectivity index (χ2v) is 8.82. The molecular formula is C23H21BrF2N6S. The highest BCUT2D eigenvalue weighted by molar-refractivity contribution is 9.10. The van der Waals surface area contributed by atoms with Crippen LogP contribution in [0.25, 0.3) is 0 Å². The van der Waals surface area contributed by atoms with Gasteiger partial charge in [0.15, 0.2) is 10.9 Å². The van der Waals surface area contributed by atoms with Crippen LogP contribution < -0.4 is 10.6 Å². The number of rotatable bonds is 6. The molecule has 4 rings (SSSR count). The second-order valence-electron chi connectivity index (χ2n) is 7.56. The molecule has 33 heavy (non-hydrogen) atoms. The number of aromatic nitrogens is 4. The number of thiocarbonyl (C=S) groups is 1. The van der Waals surface area contributed by atoms with E-state index in [4.69, 9.17) is 12.2 Å². The summed E-state index contributed by atoms with van der Waals surface area (Å²) in [5.41, 5.74) is 4.38. The lowest BCUT2D eigenvalue weighted by atomic mass is 10.2. The highest BCUT2D eigenvalue weighted by Crippen LogP contribution is 2.23. The van der Waals surface area contributed by atoms with E-state index in [0.717, 1.165) is 32.7 Å². The number of benzene rings is 2. The van der Waals surface area contributed by atoms with Crippen LogP contribution in [0.15, 0.2) is 59.2 Å². The lowest BCUT2D eigenvalue weighted by Gasteiger charge is -2.10. The van der Waals surface area contributed by atoms with E-state index in [1.165, 1.54) is 24.3 Å². The Morgan fingerprint density at radius 2 is 1.48 bits per heavy atom. The zero-order chi connectivity index (χ0) is 23.5. The van der Waals surface area contributed by atoms with Crippen LogP contribution in [0, 0.1) is 25.5 Å². The summed E-state index contributed by atoms with van der Waals surface area (Å²) in [5.74, 6) is 0.0199. The molecule has 0 aliphatic heterocycles. The summed E-state index contributed by atoms with van der Waals surface area (Å²) in [5, 5.41) is 15.8. The molecule has 2 aromatic heterocycles. The van der Waals surface area contributed by atoms with E-state index in [9.17, 15) is 8.78 Å². The molecule has 0 saturated carbocycles. The number of halogens is 3. The van der Waals surface area contributed by atoms with E-state index in [1.807, 2.05) is 24.7 Å². The first kappa shape index (κ1) is 23.1. The van der Waals surface area contributed by atoms with Crippen LogP contribution in [0.4, 0.5) is 20.3 Å². The molecule has 0 unspecified atom stereocenters. The Balaban J connectivity index is 1.42. The van der Waals surface area contributed by atoms with Gasteiger partial charge >= 0.3 is 0 Å². The maximum absolute atomic E-state index is 13.2. The Bertz CT molecular complexity index is 1280. The number of aryl methyl sites for hydroxylation is 1. The smallest absolute Gasteiger partial charge is 0.176 e. The maximum atomic E-state index is 13.2. The summed E-state index contributed by atoms with van der Waals surface area (Å²) in [6.45, 7) is 4.86. The molecule has 0 atom stereocenters. The summed E-state index contributed by atoms with van der Waals surface area (Å²) in [4.78, 5) is 0. The number of anilines is 2. The molecule has 6 nitrogen and oxygen atoms in total. The molecule has 0 radical (unpaired) electrons. The molecule has 0 aliphatic carbocycles. The third-order valence-electron chi connectivity index (χ3n) is 5.07. The lowest BCUT2D eigenvalue weighted by molar-refractivity contribution is 0.622. The van der Waals surface area contributed by atoms with Crippen molar-refractivity contribution in [2.24, 2.45) is 0 Å². The molecule has 0 fully saturated rings. The maximum Gasteiger partial charge on any atom is 0.176 e. The van der Waals surface area contributed by atoms with E-state index in [2.05, 4.69) is 36.8 Å². The van der Waals surface area contributed by atoms with Crippen LogP contribution in [0.1, 0.15) is 22.5 Å². The molecule has 2 heterocycles. The predicted molar refractivity (Wildman–Crippen MR) is 132 cm³/mol. The third kappa shape index (κ3) is 5.63. The van der Waals surface area contributed by atoms with Crippen LogP contribution >= 0.6 is 28.1 Å². The Hall–Kier alpha value is -3.11. The molecule has 2 aromatic carbocycles. The van der Waals surface area contributed by atoms with Crippen LogP contribution in [-0.2, 0) is 13.1 Å². The molecule has 0 bridgehead atoms. The van der Waals surface area contributed by atoms with Gasteiger partial charge in [-0.05, 0) is 77.4 Å². The first-order valence-electron chi connectivity index (χ1n) is 10.1. The van der Waals surface area contributed by atoms with E-state index < -0.39 is 0 Å². The van der Waals surface area contributed by atoms with E-state index >= 15 is 0 Å². The Kier molecular flexibility index (Phi) is 6.85. The molecule has 4 aromatic rings. The van der Waals surface area contributed by atoms with Gasteiger partial charge in [-0.2, -0.15) is 10.2 Å². The first-order valence-corrected chi connectivity index (χ1v) is 11.3. The number of hydrogen-bond acceptors (Lipinski definition) is 3. The van der Waals surface area contributed by atoms with Crippen LogP contribution in [0.2, 0.25) is 0 Å². The topological polar surface area (TPSA) is 59.7 Å². The van der Waals surface area contributed by atoms with Crippen molar-refractivity contribution in [3.63, 3.8) is 0 Å². The molecular weight excluding hydrogens is 510 g/mol. The lowest BCUT2D eigenvalue weighted by Crippen LogP contribution is -2.20. The monoisotopic (exact) mass is 530 g/mol. The number of nitrogens with zero attached hydrogens (tertiary/aromatic N) is 4. The highest BCUT2D eigenvalue weighted by Gasteiger charge is 2.15. The van der Waals surface area contributed by atoms with E-state index in [0.29, 0.717) is 24.0 Å². The van der Waals surface area contributed by atoms with Crippen molar-refractivity contribution in [1.29, 1.82) is 0 Å². The van der Waals surface area contributed by atoms with Crippen molar-refractivity contribution >= 4 is 44.8 Å². The number of hydrogen-bond donors (Lipinski definition) is 2. The van der Waals surface area contributed by atoms with Crippen LogP contribution in [-0.4, -0.2) is 24.7 Å². The average Bonchev–Trinajstić information content (AvgIpc) is 3.24. The van der Waals surface area contributed by atoms with Crippen LogP contribution in [0.5, 0.6) is 0 Å². The normalized spacial score (nSPS) is 10.9. The molecule has 0 aliphatic rings. The Morgan fingerprint density at radius 1 is 0.909 bits per heavy atom. The van der Waals surface area contributed by atoms with Gasteiger partial charge in [-0.3, -0.25) is 9.36 Å². The minimum atomic E-state index is -0.272. The summed E-state index contributed by atoms with van der Waals surface area (Å²) in [6, 6.07) is 12.6. The van der Waals surface area contributed by atoms with E-state index in [1.54, 1.807) is 28.9 Å². The van der Waals surface area contributed by atoms with Crippen molar-refractivity contribution in [1.82, 2.24) is 19.6 Å². The van der Waals surface area contributed by atoms with Crippen molar-refractivity contribution in [3.05, 3.63) is 93.3 Å². The summed E-state index contributed by atoms with van der Waals surface area (Å²) < 4.78 is 30.6. The van der Waals surface area contributed by atoms with Crippen molar-refractivity contribution < 1.29 is 8.78 Å². The minimum absolute atomic E-state index is 0.267. The Morgan fingerprint density at radius 3 is 2.09 bits per heavy atom. The quantitative estimate of drug-likeness (QED) is 0.316. The molecule has 0 saturated heterocycles. The highest BCUT2D eigenvalue weighted by atomic mass is 79.9. The van der Waals surface area contributed by atoms with Gasteiger partial charge in [0.05, 0.1) is 34.6 Å². The summed E-state index contributed by atoms with van der Waals surface area (Å²) >= 11 is 8.99. The second kappa shape index (κ2) is 9.80. The Labute approximate surface area is 203 Å². The molecule has 10 heteroatoms. The minimum Gasteiger partial charge on any atom is -0.329 e. The van der Waals surface area contributed by atoms with Crippen LogP contribution in [0.3, 0.4) is 0 Å². The van der Waals surface area contributed by atoms with Gasteiger partial charge in [0.2, 0.25) is 0 Å². The molecule has 0 amide bonds. The van der Waals surface area contributed by atoms with Gasteiger partial charge in [-0.1, -0.05) is 24.3 Å². The predicted octanol–water partition coefficient (Wildman–Crippen LogP) is 5.64. The molecule has 2 N–H and O–H groups in total. The fourth-order valence-corrected chi connectivity index (χ4v) is 4.00. The van der Waals surface area contributed by atoms with Crippen molar-refractivity contribution in [3.8, 4) is 0 Å². The zero-order valence-corrected chi connectivity index (χ0v) is 20.3. The standard InChI is InChI=1S/C23H21BrF2N6S/c1-14-21(15(2)32(29-14)12-17-5-9-19(26)10-6-17)27-23(33)28-22-20(24)13-31(30-22)11-16-3-7-18(25)8-4-16/h3-10,13H,11-12H2,1-2H3,(H2,27,28,30,33). The van der Waals surface area contributed by atoms with Gasteiger partial charge in [0, 0.05) is 6.20 Å². The summed E-state index contributed by atoms with van der Waals surface area (Å²) in [7, 11) is 0. The van der Waals surface area contributed by atoms with Gasteiger partial charge in [0.25, 0.3) is 0 Å². The van der Waals surface area contributed by atoms with Gasteiger partial charge in [0.1, 0.15) is 11.6 Å². The number of nitrogens with one attached hydrogen (secondary N) is 2. The van der Waals surface area contributed by atoms with Crippen molar-refractivity contribution in [2.75, 3.05) is 10.6 Å². The first-order chi connectivity index (χ1) is 15.8. The van der Waals surface area contributed by atoms with Gasteiger partial charge < -0.3 is 10.6 Å². The molecule has 0 spiro atoms. The summed E-state index contributed by atoms with van der Waals surface area (Å²) in [6.07, 6.45) is 1.82. The third-order valence-corrected chi connectivity index (χ3v) is 5.86. The SMILES string of the molecule is Cc1nn(Cc2ccc(F)cc2)c(C)c1NC(=S)Nc1nn(Cc2ccc(F)cc2)cc1Br. The zero-order valence-electron chi connectivity index (χ0n) is 17.9. The molecule has 170 valence electrons. The average molecular weight is 531 g/mol. The van der Waals surface area contributed by atoms with Gasteiger partial charge in [-0.25, -0.2) is 8.78 Å². The largest absolute Gasteiger partial charge is 0.329 e. The fraction of sp³-hybridized carbons (Fsp3) is 0.174. The van der Waals surface area contributed by atoms with E-state index in [-0.39, 0.29) is 11.6 Å².